The third-order valence-corrected chi connectivity index (χ3v) is 7.73. The lowest BCUT2D eigenvalue weighted by Gasteiger charge is -2.52. The second kappa shape index (κ2) is 7.19. The van der Waals surface area contributed by atoms with E-state index in [1.165, 1.54) is 38.4 Å². The maximum absolute atomic E-state index is 9.21. The number of hydrogen-bond donors (Lipinski definition) is 2. The number of aliphatic hydroxyl groups is 1. The van der Waals surface area contributed by atoms with Crippen molar-refractivity contribution in [3.05, 3.63) is 47.9 Å². The predicted molar refractivity (Wildman–Crippen MR) is 114 cm³/mol. The number of nitrogens with one attached hydrogen (secondary N) is 1. The van der Waals surface area contributed by atoms with E-state index in [0.717, 1.165) is 48.8 Å². The van der Waals surface area contributed by atoms with Crippen LogP contribution in [0.5, 0.6) is 0 Å². The monoisotopic (exact) mass is 420 g/mol. The van der Waals surface area contributed by atoms with Crippen molar-refractivity contribution in [3.63, 3.8) is 0 Å². The maximum atomic E-state index is 9.21. The molecule has 4 aliphatic rings. The van der Waals surface area contributed by atoms with Gasteiger partial charge >= 0.3 is 0 Å². The number of benzene rings is 1. The summed E-state index contributed by atoms with van der Waals surface area (Å²) in [6.45, 7) is 0.855. The van der Waals surface area contributed by atoms with Crippen LogP contribution in [0.1, 0.15) is 74.7 Å². The first-order chi connectivity index (χ1) is 15.2. The molecule has 0 amide bonds. The van der Waals surface area contributed by atoms with E-state index in [4.69, 9.17) is 13.9 Å². The van der Waals surface area contributed by atoms with Crippen LogP contribution in [0, 0.1) is 5.41 Å². The molecule has 4 fully saturated rings. The molecular formula is C24H28N4O3. The van der Waals surface area contributed by atoms with Crippen molar-refractivity contribution in [2.45, 2.75) is 69.3 Å². The molecule has 2 heterocycles. The molecule has 0 spiro atoms. The molecule has 7 heteroatoms. The van der Waals surface area contributed by atoms with E-state index < -0.39 is 0 Å². The molecule has 0 atom stereocenters. The summed E-state index contributed by atoms with van der Waals surface area (Å²) >= 11 is 0. The van der Waals surface area contributed by atoms with Crippen LogP contribution in [0.25, 0.3) is 11.5 Å². The van der Waals surface area contributed by atoms with Crippen LogP contribution in [0.2, 0.25) is 0 Å². The molecule has 7 rings (SSSR count). The summed E-state index contributed by atoms with van der Waals surface area (Å²) in [5, 5.41) is 17.2. The van der Waals surface area contributed by atoms with Crippen LogP contribution in [0.4, 0.5) is 5.69 Å². The Bertz CT molecular complexity index is 1060. The molecule has 0 saturated heterocycles. The molecule has 2 N–H and O–H groups in total. The van der Waals surface area contributed by atoms with Crippen molar-refractivity contribution in [1.82, 2.24) is 15.1 Å². The Labute approximate surface area is 181 Å². The molecule has 2 bridgehead atoms. The van der Waals surface area contributed by atoms with E-state index in [1.807, 2.05) is 12.1 Å². The van der Waals surface area contributed by atoms with Gasteiger partial charge in [0.2, 0.25) is 11.8 Å². The quantitative estimate of drug-likeness (QED) is 0.567. The average Bonchev–Trinajstić information content (AvgIpc) is 3.35. The van der Waals surface area contributed by atoms with E-state index in [1.54, 1.807) is 0 Å². The fraction of sp³-hybridized carbons (Fsp3) is 0.542. The van der Waals surface area contributed by atoms with Crippen molar-refractivity contribution in [2.75, 3.05) is 11.9 Å². The number of nitrogens with zero attached hydrogens (tertiary/aromatic N) is 3. The number of aliphatic hydroxyl groups excluding tert-OH is 1. The van der Waals surface area contributed by atoms with Crippen LogP contribution in [-0.4, -0.2) is 26.8 Å². The second-order valence-electron chi connectivity index (χ2n) is 9.75. The maximum Gasteiger partial charge on any atom is 0.232 e. The van der Waals surface area contributed by atoms with Crippen LogP contribution >= 0.6 is 0 Å². The molecule has 162 valence electrons. The van der Waals surface area contributed by atoms with Gasteiger partial charge in [-0.05, 0) is 75.0 Å². The molecule has 31 heavy (non-hydrogen) atoms. The molecule has 7 nitrogen and oxygen atoms in total. The van der Waals surface area contributed by atoms with Gasteiger partial charge in [0.05, 0.1) is 6.61 Å². The molecule has 4 aliphatic carbocycles. The molecule has 3 aromatic rings. The largest absolute Gasteiger partial charge is 0.444 e. The molecule has 2 aromatic heterocycles. The number of rotatable bonds is 7. The predicted octanol–water partition coefficient (Wildman–Crippen LogP) is 4.80. The van der Waals surface area contributed by atoms with Gasteiger partial charge in [0, 0.05) is 29.1 Å². The highest BCUT2D eigenvalue weighted by Crippen LogP contribution is 2.57. The number of anilines is 1. The Hall–Kier alpha value is -2.67. The molecule has 0 unspecified atom stereocenters. The third kappa shape index (κ3) is 3.45. The fourth-order valence-corrected chi connectivity index (χ4v) is 5.37. The standard InChI is InChI=1S/C24H28N4O3/c29-13-19-14-30-21(26-19)17-2-1-3-18(12-17)25-15-23-6-9-24(10-7-23,11-8-23)22-27-20(28-31-22)16-4-5-16/h1-3,12,14,16,25,29H,4-11,13,15H2. The highest BCUT2D eigenvalue weighted by atomic mass is 16.5. The zero-order valence-electron chi connectivity index (χ0n) is 17.6. The van der Waals surface area contributed by atoms with Crippen LogP contribution < -0.4 is 5.32 Å². The average molecular weight is 421 g/mol. The highest BCUT2D eigenvalue weighted by molar-refractivity contribution is 5.61. The minimum absolute atomic E-state index is 0.108. The van der Waals surface area contributed by atoms with Gasteiger partial charge in [0.25, 0.3) is 0 Å². The Morgan fingerprint density at radius 1 is 1.06 bits per heavy atom. The Morgan fingerprint density at radius 2 is 1.87 bits per heavy atom. The topological polar surface area (TPSA) is 97.2 Å². The van der Waals surface area contributed by atoms with E-state index in [2.05, 4.69) is 27.6 Å². The molecular weight excluding hydrogens is 392 g/mol. The van der Waals surface area contributed by atoms with Gasteiger partial charge in [-0.25, -0.2) is 4.98 Å². The smallest absolute Gasteiger partial charge is 0.232 e. The first kappa shape index (κ1) is 19.0. The van der Waals surface area contributed by atoms with E-state index in [9.17, 15) is 5.11 Å². The zero-order chi connectivity index (χ0) is 20.9. The normalized spacial score (nSPS) is 27.5. The third-order valence-electron chi connectivity index (χ3n) is 7.73. The summed E-state index contributed by atoms with van der Waals surface area (Å²) in [7, 11) is 0. The number of oxazole rings is 1. The summed E-state index contributed by atoms with van der Waals surface area (Å²) < 4.78 is 11.2. The minimum Gasteiger partial charge on any atom is -0.444 e. The summed E-state index contributed by atoms with van der Waals surface area (Å²) in [6.07, 6.45) is 10.9. The Kier molecular flexibility index (Phi) is 4.42. The van der Waals surface area contributed by atoms with Gasteiger partial charge in [-0.15, -0.1) is 0 Å². The Balaban J connectivity index is 1.11. The zero-order valence-corrected chi connectivity index (χ0v) is 17.6. The van der Waals surface area contributed by atoms with Crippen LogP contribution in [0.3, 0.4) is 0 Å². The van der Waals surface area contributed by atoms with E-state index in [-0.39, 0.29) is 12.0 Å². The highest BCUT2D eigenvalue weighted by Gasteiger charge is 2.52. The summed E-state index contributed by atoms with van der Waals surface area (Å²) in [5.74, 6) is 2.92. The second-order valence-corrected chi connectivity index (χ2v) is 9.75. The first-order valence-corrected chi connectivity index (χ1v) is 11.4. The van der Waals surface area contributed by atoms with Crippen LogP contribution in [-0.2, 0) is 12.0 Å². The van der Waals surface area contributed by atoms with Gasteiger partial charge in [-0.2, -0.15) is 4.98 Å². The van der Waals surface area contributed by atoms with Crippen molar-refractivity contribution in [2.24, 2.45) is 5.41 Å². The molecule has 1 aromatic carbocycles. The molecule has 0 radical (unpaired) electrons. The molecule has 0 aliphatic heterocycles. The van der Waals surface area contributed by atoms with Crippen LogP contribution in [0.15, 0.2) is 39.5 Å². The van der Waals surface area contributed by atoms with Gasteiger partial charge in [-0.1, -0.05) is 11.2 Å². The fourth-order valence-electron chi connectivity index (χ4n) is 5.37. The summed E-state index contributed by atoms with van der Waals surface area (Å²) in [4.78, 5) is 9.12. The van der Waals surface area contributed by atoms with Gasteiger partial charge in [-0.3, -0.25) is 0 Å². The van der Waals surface area contributed by atoms with E-state index in [0.29, 0.717) is 22.9 Å². The SMILES string of the molecule is OCc1coc(-c2cccc(NCC34CCC(c5nc(C6CC6)no5)(CC3)CC4)c2)n1. The van der Waals surface area contributed by atoms with Gasteiger partial charge < -0.3 is 19.4 Å². The Morgan fingerprint density at radius 3 is 2.58 bits per heavy atom. The summed E-state index contributed by atoms with van der Waals surface area (Å²) in [6, 6.07) is 8.14. The summed E-state index contributed by atoms with van der Waals surface area (Å²) in [5.41, 5.74) is 2.98. The number of aromatic nitrogens is 3. The van der Waals surface area contributed by atoms with Crippen molar-refractivity contribution in [3.8, 4) is 11.5 Å². The van der Waals surface area contributed by atoms with Crippen molar-refractivity contribution < 1.29 is 14.0 Å². The molecule has 4 saturated carbocycles. The number of hydrogen-bond acceptors (Lipinski definition) is 7. The van der Waals surface area contributed by atoms with Gasteiger partial charge in [0.15, 0.2) is 5.82 Å². The lowest BCUT2D eigenvalue weighted by Crippen LogP contribution is -2.47. The lowest BCUT2D eigenvalue weighted by atomic mass is 9.53. The number of fused-ring (bicyclic) bond motifs is 3. The van der Waals surface area contributed by atoms with E-state index >= 15 is 0 Å². The van der Waals surface area contributed by atoms with Gasteiger partial charge in [0.1, 0.15) is 12.0 Å². The van der Waals surface area contributed by atoms with Crippen molar-refractivity contribution >= 4 is 5.69 Å². The van der Waals surface area contributed by atoms with Crippen molar-refractivity contribution in [1.29, 1.82) is 0 Å². The first-order valence-electron chi connectivity index (χ1n) is 11.4. The minimum atomic E-state index is -0.114. The lowest BCUT2D eigenvalue weighted by molar-refractivity contribution is 0.0322.